The third kappa shape index (κ3) is 5.43. The quantitative estimate of drug-likeness (QED) is 0.755. The number of esters is 1. The molecule has 4 nitrogen and oxygen atoms in total. The first kappa shape index (κ1) is 17.0. The molecule has 0 saturated carbocycles. The van der Waals surface area contributed by atoms with E-state index in [1.165, 1.54) is 5.56 Å². The Bertz CT molecular complexity index is 469. The lowest BCUT2D eigenvalue weighted by atomic mass is 9.99. The Morgan fingerprint density at radius 3 is 2.59 bits per heavy atom. The Morgan fingerprint density at radius 2 is 1.91 bits per heavy atom. The Morgan fingerprint density at radius 1 is 1.23 bits per heavy atom. The molecule has 1 heterocycles. The molecule has 4 heteroatoms. The number of carbonyl (C=O) groups excluding carboxylic acids is 1. The van der Waals surface area contributed by atoms with Crippen LogP contribution in [0, 0.1) is 0 Å². The lowest BCUT2D eigenvalue weighted by Crippen LogP contribution is -2.45. The molecule has 0 radical (unpaired) electrons. The van der Waals surface area contributed by atoms with E-state index in [-0.39, 0.29) is 18.2 Å². The first-order chi connectivity index (χ1) is 10.5. The van der Waals surface area contributed by atoms with Gasteiger partial charge in [0.15, 0.2) is 5.79 Å². The van der Waals surface area contributed by atoms with E-state index in [9.17, 15) is 4.79 Å². The molecule has 1 saturated heterocycles. The van der Waals surface area contributed by atoms with Crippen molar-refractivity contribution in [3.63, 3.8) is 0 Å². The first-order valence-corrected chi connectivity index (χ1v) is 8.03. The summed E-state index contributed by atoms with van der Waals surface area (Å²) >= 11 is 0. The zero-order valence-electron chi connectivity index (χ0n) is 13.7. The van der Waals surface area contributed by atoms with Gasteiger partial charge in [-0.15, -0.1) is 0 Å². The van der Waals surface area contributed by atoms with Crippen LogP contribution in [0.15, 0.2) is 30.3 Å². The second kappa shape index (κ2) is 7.75. The number of benzene rings is 1. The molecule has 122 valence electrons. The predicted molar refractivity (Wildman–Crippen MR) is 84.5 cm³/mol. The maximum atomic E-state index is 11.7. The van der Waals surface area contributed by atoms with Crippen molar-refractivity contribution in [1.29, 1.82) is 0 Å². The van der Waals surface area contributed by atoms with E-state index < -0.39 is 5.79 Å². The largest absolute Gasteiger partial charge is 0.466 e. The fraction of sp³-hybridized carbons (Fsp3) is 0.611. The van der Waals surface area contributed by atoms with E-state index in [0.29, 0.717) is 13.0 Å². The lowest BCUT2D eigenvalue weighted by molar-refractivity contribution is -0.300. The molecule has 0 amide bonds. The van der Waals surface area contributed by atoms with E-state index in [1.807, 2.05) is 39.0 Å². The van der Waals surface area contributed by atoms with Crippen molar-refractivity contribution in [1.82, 2.24) is 0 Å². The highest BCUT2D eigenvalue weighted by Crippen LogP contribution is 2.30. The van der Waals surface area contributed by atoms with Crippen molar-refractivity contribution in [2.45, 2.75) is 64.4 Å². The van der Waals surface area contributed by atoms with Crippen LogP contribution in [-0.4, -0.2) is 30.6 Å². The molecule has 1 aliphatic rings. The van der Waals surface area contributed by atoms with Crippen molar-refractivity contribution in [3.05, 3.63) is 35.9 Å². The zero-order valence-corrected chi connectivity index (χ0v) is 13.7. The van der Waals surface area contributed by atoms with Gasteiger partial charge in [0.25, 0.3) is 0 Å². The zero-order chi connectivity index (χ0) is 16.0. The molecule has 0 unspecified atom stereocenters. The third-order valence-corrected chi connectivity index (χ3v) is 3.72. The van der Waals surface area contributed by atoms with Crippen LogP contribution < -0.4 is 0 Å². The molecule has 0 aliphatic carbocycles. The summed E-state index contributed by atoms with van der Waals surface area (Å²) in [5.41, 5.74) is 1.30. The molecular formula is C18H26O4. The predicted octanol–water partition coefficient (Wildman–Crippen LogP) is 3.48. The minimum absolute atomic E-state index is 0.100. The Kier molecular flexibility index (Phi) is 5.98. The number of aryl methyl sites for hydroxylation is 1. The Labute approximate surface area is 132 Å². The minimum atomic E-state index is -0.656. The molecule has 0 spiro atoms. The summed E-state index contributed by atoms with van der Waals surface area (Å²) in [6, 6.07) is 10.4. The van der Waals surface area contributed by atoms with Crippen LogP contribution in [-0.2, 0) is 25.4 Å². The van der Waals surface area contributed by atoms with Crippen LogP contribution in [0.1, 0.15) is 45.6 Å². The second-order valence-electron chi connectivity index (χ2n) is 6.15. The molecule has 1 fully saturated rings. The molecule has 1 aromatic carbocycles. The smallest absolute Gasteiger partial charge is 0.308 e. The summed E-state index contributed by atoms with van der Waals surface area (Å²) in [5, 5.41) is 0. The first-order valence-electron chi connectivity index (χ1n) is 8.03. The summed E-state index contributed by atoms with van der Waals surface area (Å²) < 4.78 is 16.9. The van der Waals surface area contributed by atoms with E-state index in [2.05, 4.69) is 12.1 Å². The summed E-state index contributed by atoms with van der Waals surface area (Å²) in [5.74, 6) is -0.858. The van der Waals surface area contributed by atoms with Gasteiger partial charge in [-0.1, -0.05) is 30.3 Å². The van der Waals surface area contributed by atoms with Gasteiger partial charge in [0.2, 0.25) is 0 Å². The van der Waals surface area contributed by atoms with E-state index >= 15 is 0 Å². The van der Waals surface area contributed by atoms with Gasteiger partial charge in [-0.05, 0) is 39.2 Å². The Hall–Kier alpha value is -1.39. The number of ether oxygens (including phenoxy) is 3. The summed E-state index contributed by atoms with van der Waals surface area (Å²) in [6.07, 6.45) is 2.88. The lowest BCUT2D eigenvalue weighted by Gasteiger charge is -2.40. The molecule has 22 heavy (non-hydrogen) atoms. The average Bonchev–Trinajstić information content (AvgIpc) is 2.45. The van der Waals surface area contributed by atoms with Gasteiger partial charge in [0, 0.05) is 6.42 Å². The molecule has 1 aliphatic heterocycles. The van der Waals surface area contributed by atoms with E-state index in [0.717, 1.165) is 19.3 Å². The topological polar surface area (TPSA) is 44.8 Å². The van der Waals surface area contributed by atoms with Crippen molar-refractivity contribution < 1.29 is 19.0 Å². The summed E-state index contributed by atoms with van der Waals surface area (Å²) in [4.78, 5) is 11.7. The van der Waals surface area contributed by atoms with Gasteiger partial charge in [-0.3, -0.25) is 4.79 Å². The summed E-state index contributed by atoms with van der Waals surface area (Å²) in [6.45, 7) is 6.03. The molecule has 1 aromatic rings. The normalized spacial score (nSPS) is 24.0. The van der Waals surface area contributed by atoms with Crippen LogP contribution in [0.2, 0.25) is 0 Å². The van der Waals surface area contributed by atoms with Crippen LogP contribution in [0.3, 0.4) is 0 Å². The van der Waals surface area contributed by atoms with Gasteiger partial charge < -0.3 is 14.2 Å². The molecule has 0 bridgehead atoms. The SMILES string of the molecule is CCOC(=O)C[C@H]1C[C@@H](CCc2ccccc2)OC(C)(C)O1. The van der Waals surface area contributed by atoms with Crippen molar-refractivity contribution >= 4 is 5.97 Å². The van der Waals surface area contributed by atoms with Gasteiger partial charge >= 0.3 is 5.97 Å². The highest BCUT2D eigenvalue weighted by atomic mass is 16.7. The van der Waals surface area contributed by atoms with Crippen LogP contribution in [0.4, 0.5) is 0 Å². The van der Waals surface area contributed by atoms with E-state index in [4.69, 9.17) is 14.2 Å². The number of carbonyl (C=O) groups is 1. The van der Waals surface area contributed by atoms with Gasteiger partial charge in [0.1, 0.15) is 0 Å². The van der Waals surface area contributed by atoms with Crippen LogP contribution in [0.25, 0.3) is 0 Å². The molecule has 2 atom stereocenters. The highest BCUT2D eigenvalue weighted by Gasteiger charge is 2.36. The second-order valence-corrected chi connectivity index (χ2v) is 6.15. The van der Waals surface area contributed by atoms with Gasteiger partial charge in [0.05, 0.1) is 25.2 Å². The standard InChI is InChI=1S/C18H26O4/c1-4-20-17(19)13-16-12-15(21-18(2,3)22-16)11-10-14-8-6-5-7-9-14/h5-9,15-16H,4,10-13H2,1-3H3/t15-,16-/m1/s1. The number of hydrogen-bond donors (Lipinski definition) is 0. The van der Waals surface area contributed by atoms with Crippen LogP contribution >= 0.6 is 0 Å². The summed E-state index contributed by atoms with van der Waals surface area (Å²) in [7, 11) is 0. The monoisotopic (exact) mass is 306 g/mol. The Balaban J connectivity index is 1.89. The van der Waals surface area contributed by atoms with Gasteiger partial charge in [-0.25, -0.2) is 0 Å². The van der Waals surface area contributed by atoms with Gasteiger partial charge in [-0.2, -0.15) is 0 Å². The van der Waals surface area contributed by atoms with E-state index in [1.54, 1.807) is 0 Å². The van der Waals surface area contributed by atoms with Crippen molar-refractivity contribution in [2.75, 3.05) is 6.61 Å². The fourth-order valence-electron chi connectivity index (χ4n) is 2.90. The van der Waals surface area contributed by atoms with Crippen molar-refractivity contribution in [2.24, 2.45) is 0 Å². The number of rotatable bonds is 6. The molecule has 0 aromatic heterocycles. The third-order valence-electron chi connectivity index (χ3n) is 3.72. The maximum Gasteiger partial charge on any atom is 0.308 e. The highest BCUT2D eigenvalue weighted by molar-refractivity contribution is 5.69. The fourth-order valence-corrected chi connectivity index (χ4v) is 2.90. The molecule has 0 N–H and O–H groups in total. The molecule has 2 rings (SSSR count). The van der Waals surface area contributed by atoms with Crippen LogP contribution in [0.5, 0.6) is 0 Å². The maximum absolute atomic E-state index is 11.7. The van der Waals surface area contributed by atoms with Crippen molar-refractivity contribution in [3.8, 4) is 0 Å². The molecular weight excluding hydrogens is 280 g/mol. The average molecular weight is 306 g/mol. The number of hydrogen-bond acceptors (Lipinski definition) is 4. The minimum Gasteiger partial charge on any atom is -0.466 e.